The highest BCUT2D eigenvalue weighted by molar-refractivity contribution is 7.99. The van der Waals surface area contributed by atoms with Crippen LogP contribution in [0, 0.1) is 6.92 Å². The molecule has 78 valence electrons. The van der Waals surface area contributed by atoms with E-state index in [1.165, 1.54) is 0 Å². The number of hydrogen-bond acceptors (Lipinski definition) is 4. The van der Waals surface area contributed by atoms with Gasteiger partial charge in [-0.05, 0) is 19.1 Å². The molecule has 1 aromatic rings. The van der Waals surface area contributed by atoms with E-state index in [-0.39, 0.29) is 0 Å². The largest absolute Gasteiger partial charge is 0.383 e. The first-order chi connectivity index (χ1) is 6.69. The maximum Gasteiger partial charge on any atom is 0.132 e. The molecule has 1 heterocycles. The predicted octanol–water partition coefficient (Wildman–Crippen LogP) is 2.43. The molecule has 1 aromatic heterocycles. The number of aryl methyl sites for hydroxylation is 1. The fraction of sp³-hybridized carbons (Fsp3) is 0.600. The summed E-state index contributed by atoms with van der Waals surface area (Å²) in [6.07, 6.45) is 1.96. The summed E-state index contributed by atoms with van der Waals surface area (Å²) in [7, 11) is 0. The zero-order chi connectivity index (χ0) is 10.6. The van der Waals surface area contributed by atoms with Gasteiger partial charge in [0.2, 0.25) is 0 Å². The Hall–Kier alpha value is -0.770. The fourth-order valence-electron chi connectivity index (χ4n) is 1.17. The summed E-state index contributed by atoms with van der Waals surface area (Å²) >= 11 is 1.72. The predicted molar refractivity (Wildman–Crippen MR) is 61.6 cm³/mol. The molecule has 0 fully saturated rings. The van der Waals surface area contributed by atoms with Crippen molar-refractivity contribution >= 4 is 17.6 Å². The van der Waals surface area contributed by atoms with Gasteiger partial charge in [-0.3, -0.25) is 0 Å². The van der Waals surface area contributed by atoms with E-state index in [1.54, 1.807) is 11.8 Å². The second-order valence-corrected chi connectivity index (χ2v) is 4.39. The zero-order valence-electron chi connectivity index (χ0n) is 9.00. The minimum absolute atomic E-state index is 0.624. The van der Waals surface area contributed by atoms with Crippen molar-refractivity contribution < 1.29 is 0 Å². The Morgan fingerprint density at radius 3 is 2.57 bits per heavy atom. The van der Waals surface area contributed by atoms with Crippen LogP contribution >= 0.6 is 11.8 Å². The average Bonchev–Trinajstić information content (AvgIpc) is 2.14. The van der Waals surface area contributed by atoms with Crippen molar-refractivity contribution in [2.24, 2.45) is 0 Å². The van der Waals surface area contributed by atoms with Gasteiger partial charge in [-0.2, -0.15) is 0 Å². The van der Waals surface area contributed by atoms with Crippen LogP contribution in [0.1, 0.15) is 31.7 Å². The maximum atomic E-state index is 5.82. The van der Waals surface area contributed by atoms with E-state index < -0.39 is 0 Å². The molecule has 0 amide bonds. The van der Waals surface area contributed by atoms with Crippen molar-refractivity contribution in [3.8, 4) is 0 Å². The van der Waals surface area contributed by atoms with E-state index in [1.807, 2.05) is 6.92 Å². The molecule has 0 unspecified atom stereocenters. The van der Waals surface area contributed by atoms with Crippen molar-refractivity contribution in [2.75, 3.05) is 11.5 Å². The van der Waals surface area contributed by atoms with Gasteiger partial charge in [0.15, 0.2) is 0 Å². The molecule has 0 atom stereocenters. The quantitative estimate of drug-likeness (QED) is 0.614. The van der Waals surface area contributed by atoms with Gasteiger partial charge < -0.3 is 5.73 Å². The first-order valence-corrected chi connectivity index (χ1v) is 5.93. The lowest BCUT2D eigenvalue weighted by molar-refractivity contribution is 0.806. The molecule has 0 radical (unpaired) electrons. The summed E-state index contributed by atoms with van der Waals surface area (Å²) in [6.45, 7) is 6.21. The Morgan fingerprint density at radius 2 is 2.00 bits per heavy atom. The topological polar surface area (TPSA) is 51.8 Å². The minimum atomic E-state index is 0.624. The van der Waals surface area contributed by atoms with Gasteiger partial charge in [0, 0.05) is 12.0 Å². The third kappa shape index (κ3) is 2.61. The Labute approximate surface area is 89.5 Å². The molecule has 1 rings (SSSR count). The SMILES string of the molecule is CCCc1nc(N)c(C)c(SCC)n1. The summed E-state index contributed by atoms with van der Waals surface area (Å²) in [6, 6.07) is 0. The molecule has 14 heavy (non-hydrogen) atoms. The Kier molecular flexibility index (Phi) is 4.20. The molecule has 3 nitrogen and oxygen atoms in total. The number of nitrogens with zero attached hydrogens (tertiary/aromatic N) is 2. The number of rotatable bonds is 4. The van der Waals surface area contributed by atoms with E-state index >= 15 is 0 Å². The van der Waals surface area contributed by atoms with Crippen LogP contribution in [0.3, 0.4) is 0 Å². The van der Waals surface area contributed by atoms with Gasteiger partial charge in [0.05, 0.1) is 0 Å². The van der Waals surface area contributed by atoms with Crippen molar-refractivity contribution in [2.45, 2.75) is 38.6 Å². The van der Waals surface area contributed by atoms with E-state index in [0.717, 1.165) is 35.0 Å². The third-order valence-corrected chi connectivity index (χ3v) is 2.90. The first kappa shape index (κ1) is 11.3. The number of anilines is 1. The Bertz CT molecular complexity index is 312. The van der Waals surface area contributed by atoms with Crippen molar-refractivity contribution in [1.29, 1.82) is 0 Å². The highest BCUT2D eigenvalue weighted by atomic mass is 32.2. The zero-order valence-corrected chi connectivity index (χ0v) is 9.82. The van der Waals surface area contributed by atoms with Crippen LogP contribution < -0.4 is 5.73 Å². The third-order valence-electron chi connectivity index (χ3n) is 1.94. The molecule has 0 aromatic carbocycles. The van der Waals surface area contributed by atoms with Crippen LogP contribution in [0.15, 0.2) is 5.03 Å². The van der Waals surface area contributed by atoms with Crippen molar-refractivity contribution in [1.82, 2.24) is 9.97 Å². The molecule has 0 aliphatic carbocycles. The number of nitrogens with two attached hydrogens (primary N) is 1. The Balaban J connectivity index is 3.01. The van der Waals surface area contributed by atoms with Gasteiger partial charge in [-0.25, -0.2) is 9.97 Å². The number of hydrogen-bond donors (Lipinski definition) is 1. The van der Waals surface area contributed by atoms with E-state index in [0.29, 0.717) is 5.82 Å². The second kappa shape index (κ2) is 5.20. The lowest BCUT2D eigenvalue weighted by atomic mass is 10.3. The molecule has 0 aliphatic rings. The number of aromatic nitrogens is 2. The Morgan fingerprint density at radius 1 is 1.29 bits per heavy atom. The molecular formula is C10H17N3S. The molecule has 2 N–H and O–H groups in total. The van der Waals surface area contributed by atoms with Crippen LogP contribution in [-0.4, -0.2) is 15.7 Å². The first-order valence-electron chi connectivity index (χ1n) is 4.94. The average molecular weight is 211 g/mol. The maximum absolute atomic E-state index is 5.82. The van der Waals surface area contributed by atoms with Crippen molar-refractivity contribution in [3.05, 3.63) is 11.4 Å². The molecule has 4 heteroatoms. The van der Waals surface area contributed by atoms with E-state index in [2.05, 4.69) is 23.8 Å². The molecule has 0 saturated heterocycles. The van der Waals surface area contributed by atoms with Gasteiger partial charge in [-0.1, -0.05) is 13.8 Å². The summed E-state index contributed by atoms with van der Waals surface area (Å²) in [5.41, 5.74) is 6.83. The minimum Gasteiger partial charge on any atom is -0.383 e. The standard InChI is InChI=1S/C10H17N3S/c1-4-6-8-12-9(11)7(3)10(13-8)14-5-2/h4-6H2,1-3H3,(H2,11,12,13). The summed E-state index contributed by atoms with van der Waals surface area (Å²) in [4.78, 5) is 8.74. The molecular weight excluding hydrogens is 194 g/mol. The second-order valence-electron chi connectivity index (χ2n) is 3.14. The van der Waals surface area contributed by atoms with E-state index in [4.69, 9.17) is 5.73 Å². The van der Waals surface area contributed by atoms with Crippen LogP contribution in [-0.2, 0) is 6.42 Å². The summed E-state index contributed by atoms with van der Waals surface area (Å²) < 4.78 is 0. The molecule has 0 spiro atoms. The highest BCUT2D eigenvalue weighted by Gasteiger charge is 2.07. The summed E-state index contributed by atoms with van der Waals surface area (Å²) in [5.74, 6) is 2.51. The smallest absolute Gasteiger partial charge is 0.132 e. The monoisotopic (exact) mass is 211 g/mol. The normalized spacial score (nSPS) is 10.5. The lowest BCUT2D eigenvalue weighted by Crippen LogP contribution is -2.04. The number of nitrogen functional groups attached to an aromatic ring is 1. The van der Waals surface area contributed by atoms with Crippen LogP contribution in [0.4, 0.5) is 5.82 Å². The van der Waals surface area contributed by atoms with Crippen molar-refractivity contribution in [3.63, 3.8) is 0 Å². The highest BCUT2D eigenvalue weighted by Crippen LogP contribution is 2.23. The molecule has 0 saturated carbocycles. The summed E-state index contributed by atoms with van der Waals surface area (Å²) in [5, 5.41) is 1.03. The molecule has 0 bridgehead atoms. The van der Waals surface area contributed by atoms with Gasteiger partial charge >= 0.3 is 0 Å². The fourth-order valence-corrected chi connectivity index (χ4v) is 1.94. The molecule has 0 aliphatic heterocycles. The van der Waals surface area contributed by atoms with Crippen LogP contribution in [0.5, 0.6) is 0 Å². The number of thioether (sulfide) groups is 1. The van der Waals surface area contributed by atoms with E-state index in [9.17, 15) is 0 Å². The van der Waals surface area contributed by atoms with Crippen LogP contribution in [0.25, 0.3) is 0 Å². The van der Waals surface area contributed by atoms with Gasteiger partial charge in [-0.15, -0.1) is 11.8 Å². The van der Waals surface area contributed by atoms with Gasteiger partial charge in [0.1, 0.15) is 16.7 Å². The lowest BCUT2D eigenvalue weighted by Gasteiger charge is -2.07. The van der Waals surface area contributed by atoms with Gasteiger partial charge in [0.25, 0.3) is 0 Å². The van der Waals surface area contributed by atoms with Crippen LogP contribution in [0.2, 0.25) is 0 Å².